The topological polar surface area (TPSA) is 78.5 Å². The number of amides is 1. The third-order valence-corrected chi connectivity index (χ3v) is 7.28. The Morgan fingerprint density at radius 2 is 1.74 bits per heavy atom. The van der Waals surface area contributed by atoms with Crippen LogP contribution in [0.2, 0.25) is 0 Å². The Labute approximate surface area is 186 Å². The van der Waals surface area contributed by atoms with Gasteiger partial charge in [0.25, 0.3) is 5.91 Å². The van der Waals surface area contributed by atoms with E-state index in [0.29, 0.717) is 12.1 Å². The van der Waals surface area contributed by atoms with Crippen molar-refractivity contribution in [2.45, 2.75) is 57.6 Å². The van der Waals surface area contributed by atoms with Gasteiger partial charge in [-0.25, -0.2) is 13.1 Å². The molecule has 7 heteroatoms. The zero-order chi connectivity index (χ0) is 22.4. The van der Waals surface area contributed by atoms with Gasteiger partial charge in [-0.15, -0.1) is 0 Å². The van der Waals surface area contributed by atoms with Crippen molar-refractivity contribution in [3.63, 3.8) is 0 Å². The molecule has 0 saturated carbocycles. The molecule has 1 aliphatic heterocycles. The van der Waals surface area contributed by atoms with Gasteiger partial charge in [0.2, 0.25) is 10.0 Å². The third kappa shape index (κ3) is 6.63. The summed E-state index contributed by atoms with van der Waals surface area (Å²) in [6, 6.07) is 14.1. The van der Waals surface area contributed by atoms with Gasteiger partial charge >= 0.3 is 0 Å². The number of rotatable bonds is 8. The van der Waals surface area contributed by atoms with Crippen LogP contribution in [0.15, 0.2) is 53.4 Å². The predicted molar refractivity (Wildman–Crippen MR) is 123 cm³/mol. The number of hydrogen-bond acceptors (Lipinski definition) is 4. The van der Waals surface area contributed by atoms with Gasteiger partial charge in [-0.3, -0.25) is 9.69 Å². The third-order valence-electron chi connectivity index (χ3n) is 5.63. The van der Waals surface area contributed by atoms with Gasteiger partial charge in [-0.1, -0.05) is 37.3 Å². The number of carbonyl (C=O) groups excluding carboxylic acids is 1. The van der Waals surface area contributed by atoms with Gasteiger partial charge in [0.05, 0.1) is 4.90 Å². The van der Waals surface area contributed by atoms with E-state index in [-0.39, 0.29) is 16.8 Å². The first-order valence-electron chi connectivity index (χ1n) is 10.9. The van der Waals surface area contributed by atoms with Crippen LogP contribution >= 0.6 is 0 Å². The summed E-state index contributed by atoms with van der Waals surface area (Å²) in [5.74, 6) is 0.504. The van der Waals surface area contributed by atoms with Crippen molar-refractivity contribution in [2.24, 2.45) is 5.92 Å². The number of carbonyl (C=O) groups is 1. The maximum atomic E-state index is 12.7. The molecule has 168 valence electrons. The molecule has 0 unspecified atom stereocenters. The Bertz CT molecular complexity index is 997. The number of nitrogens with zero attached hydrogens (tertiary/aromatic N) is 1. The first-order valence-corrected chi connectivity index (χ1v) is 12.4. The molecule has 0 bridgehead atoms. The second-order valence-corrected chi connectivity index (χ2v) is 10.4. The van der Waals surface area contributed by atoms with Gasteiger partial charge in [-0.05, 0) is 75.0 Å². The predicted octanol–water partition coefficient (Wildman–Crippen LogP) is 3.54. The SMILES string of the molecule is CC1CCN(Cc2ccccc2CNC(=O)c2cccc(S(=O)(=O)NC(C)C)c2)CC1. The van der Waals surface area contributed by atoms with E-state index in [9.17, 15) is 13.2 Å². The summed E-state index contributed by atoms with van der Waals surface area (Å²) < 4.78 is 27.4. The van der Waals surface area contributed by atoms with Crippen LogP contribution in [0.5, 0.6) is 0 Å². The molecule has 1 amide bonds. The molecule has 1 saturated heterocycles. The van der Waals surface area contributed by atoms with Crippen molar-refractivity contribution < 1.29 is 13.2 Å². The summed E-state index contributed by atoms with van der Waals surface area (Å²) >= 11 is 0. The fourth-order valence-corrected chi connectivity index (χ4v) is 5.10. The molecule has 0 radical (unpaired) electrons. The maximum Gasteiger partial charge on any atom is 0.251 e. The molecule has 6 nitrogen and oxygen atoms in total. The number of benzene rings is 2. The number of hydrogen-bond donors (Lipinski definition) is 2. The fourth-order valence-electron chi connectivity index (χ4n) is 3.81. The number of nitrogens with one attached hydrogen (secondary N) is 2. The highest BCUT2D eigenvalue weighted by atomic mass is 32.2. The lowest BCUT2D eigenvalue weighted by Gasteiger charge is -2.30. The maximum absolute atomic E-state index is 12.7. The highest BCUT2D eigenvalue weighted by Gasteiger charge is 2.19. The number of piperidine rings is 1. The van der Waals surface area contributed by atoms with Crippen LogP contribution < -0.4 is 10.0 Å². The van der Waals surface area contributed by atoms with Crippen LogP contribution in [0, 0.1) is 5.92 Å². The van der Waals surface area contributed by atoms with Crippen LogP contribution in [0.3, 0.4) is 0 Å². The minimum atomic E-state index is -3.65. The summed E-state index contributed by atoms with van der Waals surface area (Å²) in [7, 11) is -3.65. The van der Waals surface area contributed by atoms with Crippen LogP contribution in [-0.2, 0) is 23.1 Å². The molecule has 2 aromatic carbocycles. The van der Waals surface area contributed by atoms with Crippen molar-refractivity contribution in [3.8, 4) is 0 Å². The Morgan fingerprint density at radius 1 is 1.06 bits per heavy atom. The quantitative estimate of drug-likeness (QED) is 0.654. The van der Waals surface area contributed by atoms with Crippen LogP contribution in [0.25, 0.3) is 0 Å². The molecule has 0 aliphatic carbocycles. The molecule has 31 heavy (non-hydrogen) atoms. The van der Waals surface area contributed by atoms with E-state index >= 15 is 0 Å². The second-order valence-electron chi connectivity index (χ2n) is 8.71. The van der Waals surface area contributed by atoms with Crippen molar-refractivity contribution in [1.29, 1.82) is 0 Å². The number of likely N-dealkylation sites (tertiary alicyclic amines) is 1. The zero-order valence-electron chi connectivity index (χ0n) is 18.6. The summed E-state index contributed by atoms with van der Waals surface area (Å²) in [5, 5.41) is 2.95. The highest BCUT2D eigenvalue weighted by Crippen LogP contribution is 2.20. The normalized spacial score (nSPS) is 15.9. The highest BCUT2D eigenvalue weighted by molar-refractivity contribution is 7.89. The second kappa shape index (κ2) is 10.4. The molecule has 1 fully saturated rings. The van der Waals surface area contributed by atoms with Gasteiger partial charge in [-0.2, -0.15) is 0 Å². The van der Waals surface area contributed by atoms with Crippen molar-refractivity contribution in [2.75, 3.05) is 13.1 Å². The monoisotopic (exact) mass is 443 g/mol. The van der Waals surface area contributed by atoms with Gasteiger partial charge in [0.15, 0.2) is 0 Å². The van der Waals surface area contributed by atoms with Crippen molar-refractivity contribution in [3.05, 3.63) is 65.2 Å². The fraction of sp³-hybridized carbons (Fsp3) is 0.458. The minimum Gasteiger partial charge on any atom is -0.348 e. The molecule has 0 atom stereocenters. The Balaban J connectivity index is 1.66. The average Bonchev–Trinajstić information content (AvgIpc) is 2.74. The summed E-state index contributed by atoms with van der Waals surface area (Å²) in [6.07, 6.45) is 2.45. The van der Waals surface area contributed by atoms with Crippen LogP contribution in [-0.4, -0.2) is 38.4 Å². The van der Waals surface area contributed by atoms with Crippen molar-refractivity contribution >= 4 is 15.9 Å². The van der Waals surface area contributed by atoms with E-state index in [1.807, 2.05) is 18.2 Å². The smallest absolute Gasteiger partial charge is 0.251 e. The van der Waals surface area contributed by atoms with Crippen LogP contribution in [0.4, 0.5) is 0 Å². The summed E-state index contributed by atoms with van der Waals surface area (Å²) in [6.45, 7) is 9.32. The van der Waals surface area contributed by atoms with Gasteiger partial charge in [0.1, 0.15) is 0 Å². The molecular weight excluding hydrogens is 410 g/mol. The molecule has 2 N–H and O–H groups in total. The first kappa shape index (κ1) is 23.4. The molecule has 3 rings (SSSR count). The van der Waals surface area contributed by atoms with E-state index in [4.69, 9.17) is 0 Å². The zero-order valence-corrected chi connectivity index (χ0v) is 19.4. The lowest BCUT2D eigenvalue weighted by molar-refractivity contribution is 0.0950. The van der Waals surface area contributed by atoms with Gasteiger partial charge < -0.3 is 5.32 Å². The molecular formula is C24H33N3O3S. The van der Waals surface area contributed by atoms with E-state index < -0.39 is 10.0 Å². The Kier molecular flexibility index (Phi) is 7.86. The van der Waals surface area contributed by atoms with Crippen molar-refractivity contribution in [1.82, 2.24) is 14.9 Å². The summed E-state index contributed by atoms with van der Waals surface area (Å²) in [5.41, 5.74) is 2.63. The first-order chi connectivity index (χ1) is 14.7. The molecule has 0 aromatic heterocycles. The minimum absolute atomic E-state index is 0.0913. The number of sulfonamides is 1. The van der Waals surface area contributed by atoms with Gasteiger partial charge in [0, 0.05) is 24.7 Å². The van der Waals surface area contributed by atoms with E-state index in [1.54, 1.807) is 26.0 Å². The lowest BCUT2D eigenvalue weighted by atomic mass is 9.98. The molecule has 0 spiro atoms. The Hall–Kier alpha value is -2.22. The molecule has 1 aliphatic rings. The van der Waals surface area contributed by atoms with E-state index in [1.165, 1.54) is 30.5 Å². The standard InChI is InChI=1S/C24H33N3O3S/c1-18(2)26-31(29,30)23-10-6-9-20(15-23)24(28)25-16-21-7-4-5-8-22(21)17-27-13-11-19(3)12-14-27/h4-10,15,18-19,26H,11-14,16-17H2,1-3H3,(H,25,28). The van der Waals surface area contributed by atoms with E-state index in [2.05, 4.69) is 27.9 Å². The average molecular weight is 444 g/mol. The summed E-state index contributed by atoms with van der Waals surface area (Å²) in [4.78, 5) is 15.3. The molecule has 1 heterocycles. The van der Waals surface area contributed by atoms with Crippen LogP contribution in [0.1, 0.15) is 55.1 Å². The Morgan fingerprint density at radius 3 is 2.42 bits per heavy atom. The molecule has 2 aromatic rings. The van der Waals surface area contributed by atoms with E-state index in [0.717, 1.165) is 31.1 Å². The largest absolute Gasteiger partial charge is 0.348 e. The lowest BCUT2D eigenvalue weighted by Crippen LogP contribution is -2.33.